The van der Waals surface area contributed by atoms with Gasteiger partial charge in [-0.05, 0) is 55.0 Å². The Kier molecular flexibility index (Phi) is 7.57. The Morgan fingerprint density at radius 2 is 1.72 bits per heavy atom. The smallest absolute Gasteiger partial charge is 0.355 e. The van der Waals surface area contributed by atoms with Crippen molar-refractivity contribution in [2.75, 3.05) is 0 Å². The summed E-state index contributed by atoms with van der Waals surface area (Å²) in [6.45, 7) is 1.53. The van der Waals surface area contributed by atoms with E-state index in [1.54, 1.807) is 24.3 Å². The molecule has 36 heavy (non-hydrogen) atoms. The van der Waals surface area contributed by atoms with Crippen LogP contribution in [0.2, 0.25) is 5.02 Å². The molecule has 0 saturated heterocycles. The van der Waals surface area contributed by atoms with Crippen molar-refractivity contribution in [2.45, 2.75) is 13.0 Å². The van der Waals surface area contributed by atoms with Crippen molar-refractivity contribution in [3.8, 4) is 11.5 Å². The highest BCUT2D eigenvalue weighted by Gasteiger charge is 2.19. The first-order valence-corrected chi connectivity index (χ1v) is 11.7. The number of thiophene rings is 1. The molecule has 3 aromatic carbocycles. The first kappa shape index (κ1) is 24.8. The van der Waals surface area contributed by atoms with Crippen LogP contribution < -0.4 is 14.9 Å². The van der Waals surface area contributed by atoms with E-state index in [9.17, 15) is 19.7 Å². The molecule has 0 aliphatic rings. The van der Waals surface area contributed by atoms with Gasteiger partial charge in [0.15, 0.2) is 6.10 Å². The van der Waals surface area contributed by atoms with Gasteiger partial charge < -0.3 is 9.47 Å². The van der Waals surface area contributed by atoms with Crippen molar-refractivity contribution in [2.24, 2.45) is 5.10 Å². The fourth-order valence-corrected chi connectivity index (χ4v) is 4.47. The molecule has 1 N–H and O–H groups in total. The third kappa shape index (κ3) is 5.85. The van der Waals surface area contributed by atoms with Crippen LogP contribution in [0.5, 0.6) is 11.5 Å². The molecule has 182 valence electrons. The van der Waals surface area contributed by atoms with Crippen LogP contribution in [0.1, 0.15) is 22.2 Å². The number of carbonyl (C=O) groups is 2. The van der Waals surface area contributed by atoms with E-state index in [2.05, 4.69) is 10.5 Å². The molecular formula is C25H18ClN3O6S. The Bertz CT molecular complexity index is 1450. The lowest BCUT2D eigenvalue weighted by Crippen LogP contribution is -2.33. The Balaban J connectivity index is 1.30. The standard InChI is InChI=1S/C25H18ClN3O6S/c1-15(34-18-12-8-17(9-13-18)29(32)33)24(30)28-27-14-16-6-10-19(11-7-16)35-25(31)23-22(26)20-4-2-3-5-21(20)36-23/h2-15H,1H3,(H,28,30)/b27-14-/t15-/m1/s1. The van der Waals surface area contributed by atoms with Gasteiger partial charge in [-0.1, -0.05) is 29.8 Å². The van der Waals surface area contributed by atoms with Crippen LogP contribution in [0.15, 0.2) is 77.9 Å². The number of ether oxygens (including phenoxy) is 2. The fraction of sp³-hybridized carbons (Fsp3) is 0.0800. The molecule has 4 rings (SSSR count). The molecule has 0 fully saturated rings. The number of halogens is 1. The van der Waals surface area contributed by atoms with Crippen molar-refractivity contribution in [3.63, 3.8) is 0 Å². The molecule has 1 atom stereocenters. The second-order valence-electron chi connectivity index (χ2n) is 7.45. The lowest BCUT2D eigenvalue weighted by Gasteiger charge is -2.12. The van der Waals surface area contributed by atoms with E-state index in [-0.39, 0.29) is 5.69 Å². The van der Waals surface area contributed by atoms with Gasteiger partial charge in [0, 0.05) is 22.2 Å². The summed E-state index contributed by atoms with van der Waals surface area (Å²) >= 11 is 7.60. The summed E-state index contributed by atoms with van der Waals surface area (Å²) in [5.74, 6) is -0.401. The van der Waals surface area contributed by atoms with Crippen molar-refractivity contribution >= 4 is 56.8 Å². The highest BCUT2D eigenvalue weighted by Crippen LogP contribution is 2.35. The number of hydrogen-bond acceptors (Lipinski definition) is 8. The van der Waals surface area contributed by atoms with Gasteiger partial charge in [-0.3, -0.25) is 14.9 Å². The monoisotopic (exact) mass is 523 g/mol. The summed E-state index contributed by atoms with van der Waals surface area (Å²) in [6, 6.07) is 19.4. The summed E-state index contributed by atoms with van der Waals surface area (Å²) in [4.78, 5) is 35.3. The van der Waals surface area contributed by atoms with Crippen LogP contribution in [-0.4, -0.2) is 29.1 Å². The van der Waals surface area contributed by atoms with E-state index >= 15 is 0 Å². The molecule has 9 nitrogen and oxygen atoms in total. The van der Waals surface area contributed by atoms with Crippen LogP contribution in [0.25, 0.3) is 10.1 Å². The number of esters is 1. The van der Waals surface area contributed by atoms with E-state index in [1.165, 1.54) is 48.7 Å². The third-order valence-electron chi connectivity index (χ3n) is 4.93. The number of hydrogen-bond donors (Lipinski definition) is 1. The summed E-state index contributed by atoms with van der Waals surface area (Å²) in [6.07, 6.45) is 0.538. The number of nitro benzene ring substituents is 1. The third-order valence-corrected chi connectivity index (χ3v) is 6.58. The molecule has 1 aromatic heterocycles. The molecule has 0 aliphatic carbocycles. The molecule has 0 spiro atoms. The SMILES string of the molecule is C[C@@H](Oc1ccc([N+](=O)[O-])cc1)C(=O)N/N=C\c1ccc(OC(=O)c2sc3ccccc3c2Cl)cc1. The highest BCUT2D eigenvalue weighted by molar-refractivity contribution is 7.21. The Labute approximate surface area is 214 Å². The Hall–Kier alpha value is -4.28. The van der Waals surface area contributed by atoms with Gasteiger partial charge in [0.2, 0.25) is 0 Å². The zero-order valence-corrected chi connectivity index (χ0v) is 20.3. The quantitative estimate of drug-likeness (QED) is 0.105. The largest absolute Gasteiger partial charge is 0.481 e. The van der Waals surface area contributed by atoms with E-state index in [0.29, 0.717) is 27.0 Å². The van der Waals surface area contributed by atoms with Crippen LogP contribution in [0, 0.1) is 10.1 Å². The van der Waals surface area contributed by atoms with Gasteiger partial charge in [-0.25, -0.2) is 10.2 Å². The zero-order chi connectivity index (χ0) is 25.7. The first-order valence-electron chi connectivity index (χ1n) is 10.5. The van der Waals surface area contributed by atoms with E-state index in [4.69, 9.17) is 21.1 Å². The number of non-ortho nitro benzene ring substituents is 1. The van der Waals surface area contributed by atoms with Gasteiger partial charge in [-0.15, -0.1) is 11.3 Å². The van der Waals surface area contributed by atoms with Gasteiger partial charge in [-0.2, -0.15) is 5.10 Å². The second kappa shape index (κ2) is 11.0. The molecule has 4 aromatic rings. The van der Waals surface area contributed by atoms with Gasteiger partial charge in [0.05, 0.1) is 16.2 Å². The number of nitrogens with one attached hydrogen (secondary N) is 1. The number of rotatable bonds is 8. The van der Waals surface area contributed by atoms with Gasteiger partial charge in [0.25, 0.3) is 11.6 Å². The first-order chi connectivity index (χ1) is 17.3. The van der Waals surface area contributed by atoms with Gasteiger partial charge in [0.1, 0.15) is 16.4 Å². The number of amides is 1. The van der Waals surface area contributed by atoms with E-state index in [0.717, 1.165) is 10.1 Å². The number of fused-ring (bicyclic) bond motifs is 1. The lowest BCUT2D eigenvalue weighted by molar-refractivity contribution is -0.384. The minimum absolute atomic E-state index is 0.0753. The maximum atomic E-state index is 12.6. The summed E-state index contributed by atoms with van der Waals surface area (Å²) in [5, 5.41) is 15.8. The molecule has 11 heteroatoms. The number of benzene rings is 3. The van der Waals surface area contributed by atoms with Crippen LogP contribution in [0.3, 0.4) is 0 Å². The van der Waals surface area contributed by atoms with E-state index in [1.807, 2.05) is 24.3 Å². The Morgan fingerprint density at radius 1 is 1.06 bits per heavy atom. The van der Waals surface area contributed by atoms with Gasteiger partial charge >= 0.3 is 5.97 Å². The van der Waals surface area contributed by atoms with Crippen molar-refractivity contribution in [1.29, 1.82) is 0 Å². The maximum absolute atomic E-state index is 12.6. The Morgan fingerprint density at radius 3 is 2.39 bits per heavy atom. The number of nitro groups is 1. The predicted octanol–water partition coefficient (Wildman–Crippen LogP) is 5.60. The topological polar surface area (TPSA) is 120 Å². The minimum Gasteiger partial charge on any atom is -0.481 e. The molecule has 0 unspecified atom stereocenters. The lowest BCUT2D eigenvalue weighted by atomic mass is 10.2. The molecule has 0 bridgehead atoms. The molecule has 0 saturated carbocycles. The number of carbonyl (C=O) groups excluding carboxylic acids is 2. The second-order valence-corrected chi connectivity index (χ2v) is 8.88. The fourth-order valence-electron chi connectivity index (χ4n) is 3.09. The minimum atomic E-state index is -0.883. The number of nitrogens with zero attached hydrogens (tertiary/aromatic N) is 2. The van der Waals surface area contributed by atoms with E-state index < -0.39 is 22.9 Å². The maximum Gasteiger partial charge on any atom is 0.355 e. The van der Waals surface area contributed by atoms with Crippen LogP contribution in [0.4, 0.5) is 5.69 Å². The van der Waals surface area contributed by atoms with Crippen LogP contribution >= 0.6 is 22.9 Å². The molecular weight excluding hydrogens is 506 g/mol. The van der Waals surface area contributed by atoms with Crippen molar-refractivity contribution in [1.82, 2.24) is 5.43 Å². The summed E-state index contributed by atoms with van der Waals surface area (Å²) in [5.41, 5.74) is 2.94. The summed E-state index contributed by atoms with van der Waals surface area (Å²) in [7, 11) is 0. The molecule has 0 radical (unpaired) electrons. The van der Waals surface area contributed by atoms with Crippen LogP contribution in [-0.2, 0) is 4.79 Å². The van der Waals surface area contributed by atoms with Crippen molar-refractivity contribution in [3.05, 3.63) is 98.4 Å². The normalized spacial score (nSPS) is 11.8. The molecule has 1 heterocycles. The van der Waals surface area contributed by atoms with Crippen molar-refractivity contribution < 1.29 is 24.0 Å². The molecule has 0 aliphatic heterocycles. The number of hydrazone groups is 1. The predicted molar refractivity (Wildman–Crippen MR) is 137 cm³/mol. The average molecular weight is 524 g/mol. The summed E-state index contributed by atoms with van der Waals surface area (Å²) < 4.78 is 11.8. The molecule has 1 amide bonds. The average Bonchev–Trinajstić information content (AvgIpc) is 3.22. The zero-order valence-electron chi connectivity index (χ0n) is 18.7. The highest BCUT2D eigenvalue weighted by atomic mass is 35.5.